The molecule has 2 unspecified atom stereocenters. The highest BCUT2D eigenvalue weighted by Gasteiger charge is 2.64. The highest BCUT2D eigenvalue weighted by Crippen LogP contribution is 2.64. The van der Waals surface area contributed by atoms with E-state index in [4.69, 9.17) is 5.11 Å². The van der Waals surface area contributed by atoms with E-state index in [1.54, 1.807) is 0 Å². The van der Waals surface area contributed by atoms with Gasteiger partial charge in [-0.3, -0.25) is 4.79 Å². The Morgan fingerprint density at radius 2 is 1.73 bits per heavy atom. The van der Waals surface area contributed by atoms with Crippen molar-refractivity contribution in [1.29, 1.82) is 0 Å². The first kappa shape index (κ1) is 11.0. The molecule has 0 heterocycles. The molecule has 2 saturated carbocycles. The molecule has 2 fully saturated rings. The van der Waals surface area contributed by atoms with Gasteiger partial charge in [0, 0.05) is 0 Å². The molecule has 1 N–H and O–H groups in total. The Hall–Kier alpha value is -0.530. The van der Waals surface area contributed by atoms with E-state index in [0.29, 0.717) is 11.8 Å². The van der Waals surface area contributed by atoms with E-state index in [9.17, 15) is 4.79 Å². The lowest BCUT2D eigenvalue weighted by Crippen LogP contribution is -2.16. The van der Waals surface area contributed by atoms with Gasteiger partial charge in [-0.2, -0.15) is 0 Å². The Morgan fingerprint density at radius 1 is 1.20 bits per heavy atom. The Morgan fingerprint density at radius 3 is 2.13 bits per heavy atom. The standard InChI is InChI=1S/C13H22O2/c1-8-4-6-9(7-5-8)10-11(12(14)15)13(10,2)3/h8-11H,4-7H2,1-3H3,(H,14,15). The third kappa shape index (κ3) is 1.79. The molecule has 15 heavy (non-hydrogen) atoms. The average Bonchev–Trinajstić information content (AvgIpc) is 2.70. The van der Waals surface area contributed by atoms with E-state index in [2.05, 4.69) is 20.8 Å². The fourth-order valence-electron chi connectivity index (χ4n) is 3.67. The predicted octanol–water partition coefficient (Wildman–Crippen LogP) is 3.17. The molecule has 0 aliphatic heterocycles. The van der Waals surface area contributed by atoms with Gasteiger partial charge in [-0.25, -0.2) is 0 Å². The van der Waals surface area contributed by atoms with Crippen LogP contribution in [0.25, 0.3) is 0 Å². The van der Waals surface area contributed by atoms with Gasteiger partial charge in [-0.15, -0.1) is 0 Å². The fourth-order valence-corrected chi connectivity index (χ4v) is 3.67. The molecule has 0 aromatic heterocycles. The number of hydrogen-bond donors (Lipinski definition) is 1. The molecular formula is C13H22O2. The topological polar surface area (TPSA) is 37.3 Å². The molecule has 2 heteroatoms. The highest BCUT2D eigenvalue weighted by molar-refractivity contribution is 5.75. The van der Waals surface area contributed by atoms with Crippen molar-refractivity contribution in [3.63, 3.8) is 0 Å². The maximum Gasteiger partial charge on any atom is 0.307 e. The van der Waals surface area contributed by atoms with Crippen LogP contribution in [0.4, 0.5) is 0 Å². The summed E-state index contributed by atoms with van der Waals surface area (Å²) in [5, 5.41) is 9.14. The van der Waals surface area contributed by atoms with E-state index < -0.39 is 5.97 Å². The molecule has 2 aliphatic carbocycles. The van der Waals surface area contributed by atoms with E-state index in [1.807, 2.05) is 0 Å². The maximum absolute atomic E-state index is 11.1. The minimum absolute atomic E-state index is 0.0527. The zero-order chi connectivity index (χ0) is 11.2. The number of aliphatic carboxylic acids is 1. The minimum Gasteiger partial charge on any atom is -0.481 e. The SMILES string of the molecule is CC1CCC(C2C(C(=O)O)C2(C)C)CC1. The lowest BCUT2D eigenvalue weighted by atomic mass is 9.79. The summed E-state index contributed by atoms with van der Waals surface area (Å²) in [7, 11) is 0. The zero-order valence-electron chi connectivity index (χ0n) is 9.99. The molecule has 0 aromatic carbocycles. The summed E-state index contributed by atoms with van der Waals surface area (Å²) in [4.78, 5) is 11.1. The molecule has 86 valence electrons. The van der Waals surface area contributed by atoms with Gasteiger partial charge in [-0.05, 0) is 36.0 Å². The van der Waals surface area contributed by atoms with Crippen LogP contribution < -0.4 is 0 Å². The lowest BCUT2D eigenvalue weighted by Gasteiger charge is -2.27. The van der Waals surface area contributed by atoms with Gasteiger partial charge in [0.25, 0.3) is 0 Å². The molecule has 2 aliphatic rings. The molecule has 2 rings (SSSR count). The van der Waals surface area contributed by atoms with Crippen molar-refractivity contribution in [3.8, 4) is 0 Å². The lowest BCUT2D eigenvalue weighted by molar-refractivity contribution is -0.139. The van der Waals surface area contributed by atoms with Crippen molar-refractivity contribution in [2.45, 2.75) is 46.5 Å². The second-order valence-electron chi connectivity index (χ2n) is 6.18. The van der Waals surface area contributed by atoms with Gasteiger partial charge in [0.1, 0.15) is 0 Å². The summed E-state index contributed by atoms with van der Waals surface area (Å²) in [5.74, 6) is 1.32. The van der Waals surface area contributed by atoms with Crippen molar-refractivity contribution in [2.24, 2.45) is 29.1 Å². The third-order valence-corrected chi connectivity index (χ3v) is 4.75. The number of carboxylic acid groups (broad SMARTS) is 1. The first-order valence-electron chi connectivity index (χ1n) is 6.17. The van der Waals surface area contributed by atoms with Crippen LogP contribution >= 0.6 is 0 Å². The van der Waals surface area contributed by atoms with Crippen LogP contribution in [0.5, 0.6) is 0 Å². The van der Waals surface area contributed by atoms with Crippen molar-refractivity contribution in [3.05, 3.63) is 0 Å². The van der Waals surface area contributed by atoms with Crippen LogP contribution in [-0.2, 0) is 4.79 Å². The molecule has 2 atom stereocenters. The summed E-state index contributed by atoms with van der Waals surface area (Å²) >= 11 is 0. The van der Waals surface area contributed by atoms with Gasteiger partial charge in [0.15, 0.2) is 0 Å². The Kier molecular flexibility index (Phi) is 2.56. The first-order chi connectivity index (χ1) is 6.94. The first-order valence-corrected chi connectivity index (χ1v) is 6.17. The molecule has 2 nitrogen and oxygen atoms in total. The van der Waals surface area contributed by atoms with Gasteiger partial charge < -0.3 is 5.11 Å². The second-order valence-corrected chi connectivity index (χ2v) is 6.18. The molecule has 0 bridgehead atoms. The summed E-state index contributed by atoms with van der Waals surface area (Å²) in [5.41, 5.74) is 0.0527. The fraction of sp³-hybridized carbons (Fsp3) is 0.923. The Labute approximate surface area is 92.1 Å². The largest absolute Gasteiger partial charge is 0.481 e. The summed E-state index contributed by atoms with van der Waals surface area (Å²) in [6.45, 7) is 6.55. The average molecular weight is 210 g/mol. The maximum atomic E-state index is 11.1. The monoisotopic (exact) mass is 210 g/mol. The number of hydrogen-bond acceptors (Lipinski definition) is 1. The van der Waals surface area contributed by atoms with Gasteiger partial charge in [0.2, 0.25) is 0 Å². The van der Waals surface area contributed by atoms with Crippen molar-refractivity contribution >= 4 is 5.97 Å². The van der Waals surface area contributed by atoms with E-state index in [1.165, 1.54) is 25.7 Å². The normalized spacial score (nSPS) is 43.7. The van der Waals surface area contributed by atoms with Gasteiger partial charge in [-0.1, -0.05) is 33.6 Å². The Balaban J connectivity index is 1.98. The van der Waals surface area contributed by atoms with Gasteiger partial charge >= 0.3 is 5.97 Å². The Bertz CT molecular complexity index is 262. The molecule has 0 saturated heterocycles. The summed E-state index contributed by atoms with van der Waals surface area (Å²) < 4.78 is 0. The van der Waals surface area contributed by atoms with Crippen molar-refractivity contribution < 1.29 is 9.90 Å². The van der Waals surface area contributed by atoms with Crippen LogP contribution in [0.3, 0.4) is 0 Å². The van der Waals surface area contributed by atoms with Crippen LogP contribution in [0.15, 0.2) is 0 Å². The van der Waals surface area contributed by atoms with E-state index in [0.717, 1.165) is 5.92 Å². The molecule has 0 spiro atoms. The molecular weight excluding hydrogens is 188 g/mol. The quantitative estimate of drug-likeness (QED) is 0.760. The van der Waals surface area contributed by atoms with Gasteiger partial charge in [0.05, 0.1) is 5.92 Å². The second kappa shape index (κ2) is 3.50. The zero-order valence-corrected chi connectivity index (χ0v) is 9.99. The van der Waals surface area contributed by atoms with Crippen molar-refractivity contribution in [1.82, 2.24) is 0 Å². The number of carbonyl (C=O) groups is 1. The third-order valence-electron chi connectivity index (χ3n) is 4.75. The smallest absolute Gasteiger partial charge is 0.307 e. The molecule has 0 radical (unpaired) electrons. The summed E-state index contributed by atoms with van der Waals surface area (Å²) in [6, 6.07) is 0. The van der Waals surface area contributed by atoms with Crippen LogP contribution in [0, 0.1) is 29.1 Å². The van der Waals surface area contributed by atoms with Crippen LogP contribution in [0.1, 0.15) is 46.5 Å². The predicted molar refractivity (Wildman–Crippen MR) is 59.5 cm³/mol. The number of rotatable bonds is 2. The number of carboxylic acids is 1. The molecule has 0 aromatic rings. The van der Waals surface area contributed by atoms with E-state index in [-0.39, 0.29) is 11.3 Å². The summed E-state index contributed by atoms with van der Waals surface area (Å²) in [6.07, 6.45) is 5.09. The van der Waals surface area contributed by atoms with Crippen LogP contribution in [0.2, 0.25) is 0 Å². The highest BCUT2D eigenvalue weighted by atomic mass is 16.4. The minimum atomic E-state index is -0.580. The van der Waals surface area contributed by atoms with Crippen LogP contribution in [-0.4, -0.2) is 11.1 Å². The molecule has 0 amide bonds. The van der Waals surface area contributed by atoms with Crippen molar-refractivity contribution in [2.75, 3.05) is 0 Å². The van der Waals surface area contributed by atoms with E-state index >= 15 is 0 Å².